The number of aliphatic imine (C=N–C) groups is 1. The van der Waals surface area contributed by atoms with E-state index < -0.39 is 12.3 Å². The lowest BCUT2D eigenvalue weighted by Crippen LogP contribution is -2.74. The van der Waals surface area contributed by atoms with Crippen LogP contribution in [-0.2, 0) is 19.1 Å². The number of amidine groups is 1. The van der Waals surface area contributed by atoms with Crippen LogP contribution >= 0.6 is 0 Å². The molecule has 2 unspecified atom stereocenters. The zero-order chi connectivity index (χ0) is 12.3. The number of hydrogen-bond donors (Lipinski definition) is 2. The summed E-state index contributed by atoms with van der Waals surface area (Å²) in [6.07, 6.45) is -0.865. The van der Waals surface area contributed by atoms with Crippen LogP contribution in [0, 0.1) is 0 Å². The standard InChI is InChI=1S/C7H17N5O4/c1-13-6-10-5(8)11(15-3)7(9,14-2)12(6)16-4/h5H,8-9H2,1-4H3. The maximum absolute atomic E-state index is 5.96. The Labute approximate surface area is 93.4 Å². The van der Waals surface area contributed by atoms with Crippen molar-refractivity contribution in [1.29, 1.82) is 0 Å². The summed E-state index contributed by atoms with van der Waals surface area (Å²) in [6.45, 7) is 0. The van der Waals surface area contributed by atoms with Crippen molar-refractivity contribution >= 4 is 6.02 Å². The van der Waals surface area contributed by atoms with Gasteiger partial charge in [-0.15, -0.1) is 5.06 Å². The maximum atomic E-state index is 5.96. The second-order valence-corrected chi connectivity index (χ2v) is 2.88. The molecule has 0 aromatic carbocycles. The molecule has 0 radical (unpaired) electrons. The van der Waals surface area contributed by atoms with Gasteiger partial charge in [0.15, 0.2) is 6.29 Å². The quantitative estimate of drug-likeness (QED) is 0.551. The van der Waals surface area contributed by atoms with Gasteiger partial charge < -0.3 is 9.47 Å². The Morgan fingerprint density at radius 2 is 1.88 bits per heavy atom. The van der Waals surface area contributed by atoms with Gasteiger partial charge in [-0.3, -0.25) is 21.1 Å². The highest BCUT2D eigenvalue weighted by atomic mass is 16.8. The molecule has 0 amide bonds. The minimum absolute atomic E-state index is 0.0904. The van der Waals surface area contributed by atoms with Crippen LogP contribution in [0.5, 0.6) is 0 Å². The summed E-state index contributed by atoms with van der Waals surface area (Å²) in [5.74, 6) is -1.56. The fourth-order valence-electron chi connectivity index (χ4n) is 1.39. The fraction of sp³-hybridized carbons (Fsp3) is 0.857. The summed E-state index contributed by atoms with van der Waals surface area (Å²) >= 11 is 0. The van der Waals surface area contributed by atoms with E-state index in [1.807, 2.05) is 0 Å². The monoisotopic (exact) mass is 235 g/mol. The molecule has 9 heteroatoms. The molecule has 1 rings (SSSR count). The number of nitrogens with zero attached hydrogens (tertiary/aromatic N) is 3. The van der Waals surface area contributed by atoms with Gasteiger partial charge in [-0.25, -0.2) is 0 Å². The highest BCUT2D eigenvalue weighted by Crippen LogP contribution is 2.23. The van der Waals surface area contributed by atoms with E-state index in [1.165, 1.54) is 28.4 Å². The third kappa shape index (κ3) is 1.84. The Kier molecular flexibility index (Phi) is 4.02. The fourth-order valence-corrected chi connectivity index (χ4v) is 1.39. The van der Waals surface area contributed by atoms with Gasteiger partial charge >= 0.3 is 12.0 Å². The highest BCUT2D eigenvalue weighted by molar-refractivity contribution is 5.73. The van der Waals surface area contributed by atoms with Crippen molar-refractivity contribution in [3.05, 3.63) is 0 Å². The van der Waals surface area contributed by atoms with E-state index in [0.717, 1.165) is 10.1 Å². The number of hydroxylamine groups is 4. The van der Waals surface area contributed by atoms with E-state index in [9.17, 15) is 0 Å². The normalized spacial score (nSPS) is 31.5. The first-order valence-corrected chi connectivity index (χ1v) is 4.44. The molecule has 1 aliphatic rings. The summed E-state index contributed by atoms with van der Waals surface area (Å²) in [5, 5.41) is 2.22. The first kappa shape index (κ1) is 13.1. The molecule has 1 heterocycles. The molecule has 0 aromatic heterocycles. The summed E-state index contributed by atoms with van der Waals surface area (Å²) in [7, 11) is 5.57. The first-order valence-electron chi connectivity index (χ1n) is 4.44. The molecular formula is C7H17N5O4. The maximum Gasteiger partial charge on any atom is 0.319 e. The van der Waals surface area contributed by atoms with Crippen LogP contribution in [0.15, 0.2) is 4.99 Å². The van der Waals surface area contributed by atoms with Gasteiger partial charge in [0.05, 0.1) is 21.3 Å². The van der Waals surface area contributed by atoms with Crippen LogP contribution in [0.2, 0.25) is 0 Å². The largest absolute Gasteiger partial charge is 0.467 e. The third-order valence-corrected chi connectivity index (χ3v) is 2.13. The molecule has 0 bridgehead atoms. The van der Waals surface area contributed by atoms with Gasteiger partial charge in [0.1, 0.15) is 0 Å². The lowest BCUT2D eigenvalue weighted by Gasteiger charge is -2.47. The van der Waals surface area contributed by atoms with Crippen LogP contribution in [0.3, 0.4) is 0 Å². The lowest BCUT2D eigenvalue weighted by molar-refractivity contribution is -0.407. The van der Waals surface area contributed by atoms with Crippen molar-refractivity contribution in [3.63, 3.8) is 0 Å². The van der Waals surface area contributed by atoms with Crippen molar-refractivity contribution in [3.8, 4) is 0 Å². The molecule has 0 saturated heterocycles. The van der Waals surface area contributed by atoms with E-state index in [-0.39, 0.29) is 6.02 Å². The van der Waals surface area contributed by atoms with Gasteiger partial charge in [-0.2, -0.15) is 4.99 Å². The minimum atomic E-state index is -1.56. The van der Waals surface area contributed by atoms with Crippen molar-refractivity contribution < 1.29 is 19.1 Å². The van der Waals surface area contributed by atoms with Crippen molar-refractivity contribution in [2.24, 2.45) is 16.5 Å². The van der Waals surface area contributed by atoms with Crippen LogP contribution in [0.25, 0.3) is 0 Å². The molecule has 9 nitrogen and oxygen atoms in total. The van der Waals surface area contributed by atoms with Crippen LogP contribution in [0.4, 0.5) is 0 Å². The summed E-state index contributed by atoms with van der Waals surface area (Å²) < 4.78 is 10.1. The molecule has 0 spiro atoms. The Balaban J connectivity index is 3.15. The predicted octanol–water partition coefficient (Wildman–Crippen LogP) is -1.81. The molecule has 0 fully saturated rings. The number of nitrogens with two attached hydrogens (primary N) is 2. The molecule has 94 valence electrons. The van der Waals surface area contributed by atoms with Crippen molar-refractivity contribution in [2.75, 3.05) is 28.4 Å². The van der Waals surface area contributed by atoms with Gasteiger partial charge in [0.25, 0.3) is 0 Å². The topological polar surface area (TPSA) is 108 Å². The second kappa shape index (κ2) is 4.91. The SMILES string of the molecule is COC1=NC(N)N(OC)C(N)(OC)N1OC. The van der Waals surface area contributed by atoms with Crippen LogP contribution in [0.1, 0.15) is 0 Å². The Morgan fingerprint density at radius 1 is 1.25 bits per heavy atom. The molecule has 1 aliphatic heterocycles. The number of ether oxygens (including phenoxy) is 2. The van der Waals surface area contributed by atoms with Crippen molar-refractivity contribution in [1.82, 2.24) is 10.1 Å². The van der Waals surface area contributed by atoms with E-state index in [1.54, 1.807) is 0 Å². The molecule has 4 N–H and O–H groups in total. The molecule has 16 heavy (non-hydrogen) atoms. The summed E-state index contributed by atoms with van der Waals surface area (Å²) in [5.41, 5.74) is 11.7. The smallest absolute Gasteiger partial charge is 0.319 e. The molecule has 0 aliphatic carbocycles. The van der Waals surface area contributed by atoms with E-state index in [4.69, 9.17) is 30.6 Å². The van der Waals surface area contributed by atoms with E-state index >= 15 is 0 Å². The predicted molar refractivity (Wildman–Crippen MR) is 54.0 cm³/mol. The zero-order valence-electron chi connectivity index (χ0n) is 9.71. The van der Waals surface area contributed by atoms with Gasteiger partial charge in [-0.1, -0.05) is 5.06 Å². The molecule has 0 aromatic rings. The average molecular weight is 235 g/mol. The molecule has 2 atom stereocenters. The molecular weight excluding hydrogens is 218 g/mol. The van der Waals surface area contributed by atoms with Gasteiger partial charge in [-0.05, 0) is 0 Å². The van der Waals surface area contributed by atoms with Crippen LogP contribution in [-0.4, -0.2) is 56.8 Å². The summed E-state index contributed by atoms with van der Waals surface area (Å²) in [4.78, 5) is 14.0. The first-order chi connectivity index (χ1) is 7.54. The third-order valence-electron chi connectivity index (χ3n) is 2.13. The van der Waals surface area contributed by atoms with Gasteiger partial charge in [0.2, 0.25) is 0 Å². The molecule has 0 saturated carbocycles. The van der Waals surface area contributed by atoms with E-state index in [2.05, 4.69) is 4.99 Å². The summed E-state index contributed by atoms with van der Waals surface area (Å²) in [6, 6.07) is 0.0904. The second-order valence-electron chi connectivity index (χ2n) is 2.88. The Morgan fingerprint density at radius 3 is 2.25 bits per heavy atom. The number of hydrogen-bond acceptors (Lipinski definition) is 9. The Bertz CT molecular complexity index is 276. The zero-order valence-corrected chi connectivity index (χ0v) is 9.71. The number of rotatable bonds is 3. The lowest BCUT2D eigenvalue weighted by atomic mass is 10.5. The van der Waals surface area contributed by atoms with Gasteiger partial charge in [0, 0.05) is 7.11 Å². The minimum Gasteiger partial charge on any atom is -0.467 e. The van der Waals surface area contributed by atoms with Crippen LogP contribution < -0.4 is 11.5 Å². The van der Waals surface area contributed by atoms with Crippen molar-refractivity contribution in [2.45, 2.75) is 12.3 Å². The van der Waals surface area contributed by atoms with E-state index in [0.29, 0.717) is 0 Å². The average Bonchev–Trinajstić information content (AvgIpc) is 2.28. The highest BCUT2D eigenvalue weighted by Gasteiger charge is 2.50. The Hall–Kier alpha value is -0.970. The number of methoxy groups -OCH3 is 2.